The second-order valence-corrected chi connectivity index (χ2v) is 18.0. The lowest BCUT2D eigenvalue weighted by atomic mass is 10.1. The first-order valence-corrected chi connectivity index (χ1v) is 27.0. The van der Waals surface area contributed by atoms with Gasteiger partial charge in [-0.1, -0.05) is 176 Å². The lowest BCUT2D eigenvalue weighted by Gasteiger charge is -2.21. The lowest BCUT2D eigenvalue weighted by Crippen LogP contribution is -2.30. The summed E-state index contributed by atoms with van der Waals surface area (Å²) in [5.41, 5.74) is 0. The molecule has 66 heavy (non-hydrogen) atoms. The minimum atomic E-state index is -4.76. The van der Waals surface area contributed by atoms with Gasteiger partial charge in [-0.25, -0.2) is 4.57 Å². The van der Waals surface area contributed by atoms with Gasteiger partial charge in [-0.3, -0.25) is 23.4 Å². The maximum Gasteiger partial charge on any atom is 0.472 e. The number of carbonyl (C=O) groups excluding carboxylic acids is 3. The molecule has 2 N–H and O–H groups in total. The highest BCUT2D eigenvalue weighted by Crippen LogP contribution is 2.43. The molecular formula is C54H91O11P. The van der Waals surface area contributed by atoms with Crippen molar-refractivity contribution in [3.8, 4) is 0 Å². The van der Waals surface area contributed by atoms with Crippen LogP contribution in [0, 0.1) is 0 Å². The number of aliphatic hydroxyl groups excluding tert-OH is 1. The van der Waals surface area contributed by atoms with Gasteiger partial charge in [-0.05, 0) is 89.9 Å². The molecule has 0 rings (SSSR count). The molecule has 0 aromatic heterocycles. The zero-order chi connectivity index (χ0) is 48.4. The largest absolute Gasteiger partial charge is 0.472 e. The fourth-order valence-electron chi connectivity index (χ4n) is 6.48. The summed E-state index contributed by atoms with van der Waals surface area (Å²) in [7, 11) is -4.76. The van der Waals surface area contributed by atoms with Crippen molar-refractivity contribution in [3.05, 3.63) is 85.1 Å². The van der Waals surface area contributed by atoms with Gasteiger partial charge < -0.3 is 24.2 Å². The van der Waals surface area contributed by atoms with Crippen LogP contribution in [0.1, 0.15) is 201 Å². The third-order valence-corrected chi connectivity index (χ3v) is 11.3. The van der Waals surface area contributed by atoms with E-state index in [9.17, 15) is 28.9 Å². The molecule has 0 saturated heterocycles. The molecule has 0 radical (unpaired) electrons. The second-order valence-electron chi connectivity index (χ2n) is 16.6. The molecule has 0 aromatic rings. The molecule has 0 bridgehead atoms. The van der Waals surface area contributed by atoms with Crippen LogP contribution < -0.4 is 0 Å². The molecule has 378 valence electrons. The molecule has 0 fully saturated rings. The average Bonchev–Trinajstić information content (AvgIpc) is 3.30. The SMILES string of the molecule is CC/C=C\C/C=C\C/C=C\C/C=C\CCCCC(=O)OC(COC(=O)CCCCCCCCCCCCC)COP(=O)(O)OCC(CO)OC(=O)CCCCC/C=C\C/C=C\C/C=C\CC. The minimum absolute atomic E-state index is 0.111. The van der Waals surface area contributed by atoms with Crippen LogP contribution in [0.3, 0.4) is 0 Å². The molecule has 0 aromatic carbocycles. The predicted octanol–water partition coefficient (Wildman–Crippen LogP) is 14.4. The van der Waals surface area contributed by atoms with Gasteiger partial charge in [0.2, 0.25) is 0 Å². The minimum Gasteiger partial charge on any atom is -0.462 e. The lowest BCUT2D eigenvalue weighted by molar-refractivity contribution is -0.161. The summed E-state index contributed by atoms with van der Waals surface area (Å²) >= 11 is 0. The highest BCUT2D eigenvalue weighted by molar-refractivity contribution is 7.47. The maximum atomic E-state index is 12.8. The normalized spacial score (nSPS) is 14.2. The number of allylic oxidation sites excluding steroid dienone is 14. The summed E-state index contributed by atoms with van der Waals surface area (Å²) < 4.78 is 39.2. The van der Waals surface area contributed by atoms with Crippen molar-refractivity contribution in [2.75, 3.05) is 26.4 Å². The molecule has 3 unspecified atom stereocenters. The van der Waals surface area contributed by atoms with Crippen molar-refractivity contribution >= 4 is 25.7 Å². The van der Waals surface area contributed by atoms with E-state index < -0.39 is 57.8 Å². The van der Waals surface area contributed by atoms with E-state index in [1.54, 1.807) is 0 Å². The number of rotatable bonds is 46. The Labute approximate surface area is 400 Å². The molecule has 0 amide bonds. The highest BCUT2D eigenvalue weighted by atomic mass is 31.2. The monoisotopic (exact) mass is 947 g/mol. The third kappa shape index (κ3) is 45.8. The number of esters is 3. The number of aliphatic hydroxyl groups is 1. The number of unbranched alkanes of at least 4 members (excludes halogenated alkanes) is 15. The van der Waals surface area contributed by atoms with Crippen LogP contribution >= 0.6 is 7.82 Å². The van der Waals surface area contributed by atoms with E-state index in [1.807, 2.05) is 0 Å². The number of hydrogen-bond donors (Lipinski definition) is 2. The van der Waals surface area contributed by atoms with Crippen LogP contribution in [-0.4, -0.2) is 66.5 Å². The smallest absolute Gasteiger partial charge is 0.462 e. The van der Waals surface area contributed by atoms with Gasteiger partial charge in [0, 0.05) is 19.3 Å². The van der Waals surface area contributed by atoms with Crippen LogP contribution in [0.2, 0.25) is 0 Å². The Morgan fingerprint density at radius 1 is 0.439 bits per heavy atom. The summed E-state index contributed by atoms with van der Waals surface area (Å²) in [5, 5.41) is 9.76. The Kier molecular flexibility index (Phi) is 45.7. The molecule has 0 aliphatic heterocycles. The fraction of sp³-hybridized carbons (Fsp3) is 0.685. The summed E-state index contributed by atoms with van der Waals surface area (Å²) in [6.45, 7) is 4.30. The third-order valence-electron chi connectivity index (χ3n) is 10.3. The summed E-state index contributed by atoms with van der Waals surface area (Å²) in [4.78, 5) is 48.2. The Morgan fingerprint density at radius 3 is 1.24 bits per heavy atom. The number of carbonyl (C=O) groups is 3. The Bertz CT molecular complexity index is 1430. The Morgan fingerprint density at radius 2 is 0.788 bits per heavy atom. The van der Waals surface area contributed by atoms with Crippen molar-refractivity contribution in [1.82, 2.24) is 0 Å². The molecule has 11 nitrogen and oxygen atoms in total. The Hall–Kier alpha value is -3.34. The number of hydrogen-bond acceptors (Lipinski definition) is 10. The van der Waals surface area contributed by atoms with Gasteiger partial charge in [0.1, 0.15) is 12.7 Å². The highest BCUT2D eigenvalue weighted by Gasteiger charge is 2.28. The van der Waals surface area contributed by atoms with Gasteiger partial charge in [0.15, 0.2) is 6.10 Å². The number of phosphoric ester groups is 1. The first kappa shape index (κ1) is 62.7. The first-order chi connectivity index (χ1) is 32.2. The van der Waals surface area contributed by atoms with Gasteiger partial charge in [0.05, 0.1) is 19.8 Å². The van der Waals surface area contributed by atoms with Crippen molar-refractivity contribution in [1.29, 1.82) is 0 Å². The quantitative estimate of drug-likeness (QED) is 0.0197. The van der Waals surface area contributed by atoms with Crippen LogP contribution in [-0.2, 0) is 42.2 Å². The fourth-order valence-corrected chi connectivity index (χ4v) is 7.26. The molecule has 0 heterocycles. The van der Waals surface area contributed by atoms with E-state index in [0.717, 1.165) is 96.3 Å². The molecule has 0 spiro atoms. The van der Waals surface area contributed by atoms with Crippen molar-refractivity contribution in [2.24, 2.45) is 0 Å². The van der Waals surface area contributed by atoms with Gasteiger partial charge in [-0.15, -0.1) is 0 Å². The zero-order valence-corrected chi connectivity index (χ0v) is 42.3. The molecule has 0 aliphatic rings. The van der Waals surface area contributed by atoms with E-state index in [-0.39, 0.29) is 25.9 Å². The Balaban J connectivity index is 4.83. The van der Waals surface area contributed by atoms with Crippen LogP contribution in [0.4, 0.5) is 0 Å². The van der Waals surface area contributed by atoms with Crippen molar-refractivity contribution in [3.63, 3.8) is 0 Å². The first-order valence-electron chi connectivity index (χ1n) is 25.5. The van der Waals surface area contributed by atoms with E-state index >= 15 is 0 Å². The van der Waals surface area contributed by atoms with Crippen molar-refractivity contribution < 1.29 is 52.2 Å². The van der Waals surface area contributed by atoms with E-state index in [0.29, 0.717) is 19.3 Å². The molecular weight excluding hydrogens is 856 g/mol. The number of ether oxygens (including phenoxy) is 3. The van der Waals surface area contributed by atoms with E-state index in [1.165, 1.54) is 44.9 Å². The summed E-state index contributed by atoms with van der Waals surface area (Å²) in [6, 6.07) is 0. The molecule has 3 atom stereocenters. The van der Waals surface area contributed by atoms with Gasteiger partial charge in [-0.2, -0.15) is 0 Å². The molecule has 12 heteroatoms. The zero-order valence-electron chi connectivity index (χ0n) is 41.4. The number of phosphoric acid groups is 1. The topological polar surface area (TPSA) is 155 Å². The van der Waals surface area contributed by atoms with Crippen molar-refractivity contribution in [2.45, 2.75) is 213 Å². The molecule has 0 aliphatic carbocycles. The summed E-state index contributed by atoms with van der Waals surface area (Å²) in [6.07, 6.45) is 52.8. The van der Waals surface area contributed by atoms with E-state index in [2.05, 4.69) is 106 Å². The summed E-state index contributed by atoms with van der Waals surface area (Å²) in [5.74, 6) is -1.55. The second kappa shape index (κ2) is 48.1. The maximum absolute atomic E-state index is 12.8. The standard InChI is InChI=1S/C54H91O11P/c1-4-7-10-13-16-19-22-24-25-27-30-33-36-39-42-45-54(58)65-51(47-61-52(56)43-40-37-34-31-28-21-18-15-12-9-6-3)49-63-66(59,60)62-48-50(46-55)64-53(57)44-41-38-35-32-29-26-23-20-17-14-11-8-5-2/h7-8,10-11,16-17,19-20,24-26,29-30,33,50-51,55H,4-6,9,12-15,18,21-23,27-28,31-32,34-49H2,1-3H3,(H,59,60)/b10-7-,11-8-,19-16-,20-17-,25-24-,29-26-,33-30-. The van der Waals surface area contributed by atoms with E-state index in [4.69, 9.17) is 23.3 Å². The van der Waals surface area contributed by atoms with Crippen LogP contribution in [0.25, 0.3) is 0 Å². The molecule has 0 saturated carbocycles. The van der Waals surface area contributed by atoms with Crippen LogP contribution in [0.5, 0.6) is 0 Å². The van der Waals surface area contributed by atoms with Gasteiger partial charge >= 0.3 is 25.7 Å². The average molecular weight is 947 g/mol. The van der Waals surface area contributed by atoms with Gasteiger partial charge in [0.25, 0.3) is 0 Å². The van der Waals surface area contributed by atoms with Crippen LogP contribution in [0.15, 0.2) is 85.1 Å². The predicted molar refractivity (Wildman–Crippen MR) is 270 cm³/mol.